The zero-order valence-corrected chi connectivity index (χ0v) is 3.74. The molecule has 0 aromatic carbocycles. The van der Waals surface area contributed by atoms with Crippen molar-refractivity contribution in [2.75, 3.05) is 13.2 Å². The molecule has 0 aliphatic heterocycles. The summed E-state index contributed by atoms with van der Waals surface area (Å²) in [7, 11) is 0. The van der Waals surface area contributed by atoms with Gasteiger partial charge in [-0.15, -0.1) is 0 Å². The van der Waals surface area contributed by atoms with Crippen LogP contribution < -0.4 is 5.73 Å². The van der Waals surface area contributed by atoms with Gasteiger partial charge in [0.1, 0.15) is 0 Å². The molecule has 5 heavy (non-hydrogen) atoms. The van der Waals surface area contributed by atoms with E-state index in [-0.39, 0.29) is 23.1 Å². The third-order valence-electron chi connectivity index (χ3n) is 0.129. The summed E-state index contributed by atoms with van der Waals surface area (Å²) in [6.07, 6.45) is 0. The Morgan fingerprint density at radius 1 is 1.60 bits per heavy atom. The molecule has 0 fully saturated rings. The number of hydrogen-bond acceptors (Lipinski definition) is 2. The second kappa shape index (κ2) is 8.83. The van der Waals surface area contributed by atoms with Crippen LogP contribution in [-0.2, 0) is 16.5 Å². The maximum atomic E-state index is 7.75. The summed E-state index contributed by atoms with van der Waals surface area (Å²) in [4.78, 5) is 0. The molecule has 0 atom stereocenters. The molecule has 0 rings (SSSR count). The van der Waals surface area contributed by atoms with Crippen LogP contribution in [0.2, 0.25) is 0 Å². The molecule has 0 aliphatic rings. The van der Waals surface area contributed by atoms with Crippen molar-refractivity contribution in [1.29, 1.82) is 0 Å². The Hall–Kier alpha value is 0.414. The van der Waals surface area contributed by atoms with Crippen LogP contribution in [0.3, 0.4) is 0 Å². The van der Waals surface area contributed by atoms with E-state index in [0.717, 1.165) is 0 Å². The Balaban J connectivity index is 0. The molecule has 0 aromatic rings. The van der Waals surface area contributed by atoms with E-state index in [0.29, 0.717) is 6.54 Å². The van der Waals surface area contributed by atoms with Crippen LogP contribution in [-0.4, -0.2) is 18.3 Å². The van der Waals surface area contributed by atoms with Gasteiger partial charge in [0.05, 0.1) is 6.61 Å². The van der Waals surface area contributed by atoms with Crippen molar-refractivity contribution in [3.05, 3.63) is 0 Å². The van der Waals surface area contributed by atoms with E-state index in [1.165, 1.54) is 0 Å². The third kappa shape index (κ3) is 12.9. The third-order valence-corrected chi connectivity index (χ3v) is 0.129. The Kier molecular flexibility index (Phi) is 16.0. The van der Waals surface area contributed by atoms with Gasteiger partial charge in [0.25, 0.3) is 0 Å². The predicted molar refractivity (Wildman–Crippen MR) is 16.1 cm³/mol. The minimum Gasteiger partial charge on any atom is -0.395 e. The molecule has 2 nitrogen and oxygen atoms in total. The van der Waals surface area contributed by atoms with Crippen molar-refractivity contribution in [3.8, 4) is 0 Å². The average molecular weight is 120 g/mol. The Labute approximate surface area is 41.3 Å². The number of aliphatic hydroxyl groups is 1. The van der Waals surface area contributed by atoms with Crippen molar-refractivity contribution < 1.29 is 21.6 Å². The van der Waals surface area contributed by atoms with Crippen LogP contribution in [0, 0.1) is 0 Å². The molecule has 0 saturated carbocycles. The minimum atomic E-state index is 0. The number of hydrogen-bond donors (Lipinski definition) is 2. The average Bonchev–Trinajstić information content (AvgIpc) is 1.37. The van der Waals surface area contributed by atoms with Crippen molar-refractivity contribution in [2.45, 2.75) is 0 Å². The maximum Gasteiger partial charge on any atom is 2.00 e. The van der Waals surface area contributed by atoms with E-state index in [1.807, 2.05) is 0 Å². The van der Waals surface area contributed by atoms with Crippen LogP contribution in [0.5, 0.6) is 0 Å². The Bertz CT molecular complexity index is 11.6. The molecule has 0 unspecified atom stereocenters. The molecule has 3 N–H and O–H groups in total. The standard InChI is InChI=1S/C2H7NO.Ni/c3-1-2-4;/h4H,1-3H2;/q;+2. The summed E-state index contributed by atoms with van der Waals surface area (Å²) >= 11 is 0. The van der Waals surface area contributed by atoms with Gasteiger partial charge in [-0.2, -0.15) is 0 Å². The molecule has 34 valence electrons. The van der Waals surface area contributed by atoms with Gasteiger partial charge in [-0.05, 0) is 0 Å². The van der Waals surface area contributed by atoms with Gasteiger partial charge in [0.2, 0.25) is 0 Å². The van der Waals surface area contributed by atoms with Gasteiger partial charge in [-0.3, -0.25) is 0 Å². The molecular weight excluding hydrogens is 113 g/mol. The quantitative estimate of drug-likeness (QED) is 0.433. The van der Waals surface area contributed by atoms with Crippen molar-refractivity contribution >= 4 is 0 Å². The first-order valence-corrected chi connectivity index (χ1v) is 1.22. The molecule has 0 amide bonds. The van der Waals surface area contributed by atoms with Crippen LogP contribution in [0.15, 0.2) is 0 Å². The molecule has 0 aliphatic carbocycles. The second-order valence-electron chi connectivity index (χ2n) is 0.512. The Morgan fingerprint density at radius 2 is 1.80 bits per heavy atom. The molecule has 0 radical (unpaired) electrons. The van der Waals surface area contributed by atoms with E-state index < -0.39 is 0 Å². The van der Waals surface area contributed by atoms with Gasteiger partial charge in [-0.25, -0.2) is 0 Å². The first-order chi connectivity index (χ1) is 1.91. The van der Waals surface area contributed by atoms with Gasteiger partial charge in [0.15, 0.2) is 0 Å². The fourth-order valence-corrected chi connectivity index (χ4v) is 0. The zero-order chi connectivity index (χ0) is 3.41. The summed E-state index contributed by atoms with van der Waals surface area (Å²) in [6, 6.07) is 0. The fourth-order valence-electron chi connectivity index (χ4n) is 0. The van der Waals surface area contributed by atoms with Crippen LogP contribution in [0.1, 0.15) is 0 Å². The van der Waals surface area contributed by atoms with Crippen LogP contribution >= 0.6 is 0 Å². The predicted octanol–water partition coefficient (Wildman–Crippen LogP) is -1.07. The largest absolute Gasteiger partial charge is 2.00 e. The first kappa shape index (κ1) is 9.05. The molecule has 0 bridgehead atoms. The van der Waals surface area contributed by atoms with Gasteiger partial charge >= 0.3 is 16.5 Å². The minimum absolute atomic E-state index is 0. The molecule has 3 heteroatoms. The van der Waals surface area contributed by atoms with Crippen LogP contribution in [0.4, 0.5) is 0 Å². The topological polar surface area (TPSA) is 46.2 Å². The Morgan fingerprint density at radius 3 is 1.80 bits per heavy atom. The molecule has 0 saturated heterocycles. The molecular formula is C2H7NNiO+2. The maximum absolute atomic E-state index is 7.75. The van der Waals surface area contributed by atoms with E-state index in [1.54, 1.807) is 0 Å². The molecule has 0 heterocycles. The number of rotatable bonds is 1. The summed E-state index contributed by atoms with van der Waals surface area (Å²) in [5.74, 6) is 0. The SMILES string of the molecule is NCCO.[Ni+2]. The number of aliphatic hydroxyl groups excluding tert-OH is 1. The van der Waals surface area contributed by atoms with Gasteiger partial charge < -0.3 is 10.8 Å². The van der Waals surface area contributed by atoms with Crippen molar-refractivity contribution in [1.82, 2.24) is 0 Å². The normalized spacial score (nSPS) is 6.00. The molecule has 0 spiro atoms. The summed E-state index contributed by atoms with van der Waals surface area (Å²) in [6.45, 7) is 0.472. The van der Waals surface area contributed by atoms with Crippen molar-refractivity contribution in [2.24, 2.45) is 5.73 Å². The van der Waals surface area contributed by atoms with Crippen molar-refractivity contribution in [3.63, 3.8) is 0 Å². The summed E-state index contributed by atoms with van der Waals surface area (Å²) in [5.41, 5.74) is 4.78. The summed E-state index contributed by atoms with van der Waals surface area (Å²) in [5, 5.41) is 7.75. The van der Waals surface area contributed by atoms with E-state index in [2.05, 4.69) is 0 Å². The molecule has 0 aromatic heterocycles. The first-order valence-electron chi connectivity index (χ1n) is 1.22. The fraction of sp³-hybridized carbons (Fsp3) is 1.00. The van der Waals surface area contributed by atoms with Gasteiger partial charge in [-0.1, -0.05) is 0 Å². The van der Waals surface area contributed by atoms with Crippen LogP contribution in [0.25, 0.3) is 0 Å². The van der Waals surface area contributed by atoms with E-state index in [4.69, 9.17) is 10.8 Å². The summed E-state index contributed by atoms with van der Waals surface area (Å²) < 4.78 is 0. The second-order valence-corrected chi connectivity index (χ2v) is 0.512. The van der Waals surface area contributed by atoms with E-state index >= 15 is 0 Å². The zero-order valence-electron chi connectivity index (χ0n) is 2.76. The van der Waals surface area contributed by atoms with Gasteiger partial charge in [0, 0.05) is 6.54 Å². The smallest absolute Gasteiger partial charge is 0.395 e. The monoisotopic (exact) mass is 119 g/mol. The number of nitrogens with two attached hydrogens (primary N) is 1. The van der Waals surface area contributed by atoms with E-state index in [9.17, 15) is 0 Å².